The molecule has 0 spiro atoms. The van der Waals surface area contributed by atoms with Gasteiger partial charge in [0.2, 0.25) is 0 Å². The smallest absolute Gasteiger partial charge is 0.312 e. The number of esters is 2. The highest BCUT2D eigenvalue weighted by atomic mass is 16.5. The van der Waals surface area contributed by atoms with Crippen molar-refractivity contribution in [3.63, 3.8) is 0 Å². The number of ether oxygens (including phenoxy) is 2. The molecule has 1 unspecified atom stereocenters. The lowest BCUT2D eigenvalue weighted by molar-refractivity contribution is -0.250. The zero-order valence-corrected chi connectivity index (χ0v) is 29.5. The first-order chi connectivity index (χ1) is 20.4. The summed E-state index contributed by atoms with van der Waals surface area (Å²) in [6.45, 7) is 23.7. The number of aliphatic hydroxyl groups excluding tert-OH is 2. The Bertz CT molecular complexity index is 1090. The Morgan fingerprint density at radius 3 is 2.14 bits per heavy atom. The maximum atomic E-state index is 14.2. The molecular formula is C38H64O6. The van der Waals surface area contributed by atoms with Crippen molar-refractivity contribution in [2.45, 2.75) is 139 Å². The molecule has 0 aromatic heterocycles. The highest BCUT2D eigenvalue weighted by Crippen LogP contribution is 2.76. The van der Waals surface area contributed by atoms with Crippen molar-refractivity contribution >= 4 is 11.9 Å². The topological polar surface area (TPSA) is 93.1 Å². The standard InChI is InChI=1S/C38H64O6/c1-25(2)12-11-17-38(32(42)43-24-34(7,22-39)23-40)21-20-36(9)28(26(38)3)13-14-30-35(8)18-16-31(44-27(4)41)33(5,6)29(35)15-19-37(30,36)10/h26,28-31,39-40H,1,11-24H2,2-10H3/t26-,28-,29?,30-,31+,35+,36-,37-,38+/m1/s1. The first-order valence-corrected chi connectivity index (χ1v) is 17.6. The van der Waals surface area contributed by atoms with E-state index in [2.05, 4.69) is 55.0 Å². The number of hydrogen-bond donors (Lipinski definition) is 2. The van der Waals surface area contributed by atoms with Gasteiger partial charge in [-0.05, 0) is 117 Å². The lowest BCUT2D eigenvalue weighted by atomic mass is 9.32. The zero-order valence-electron chi connectivity index (χ0n) is 29.5. The van der Waals surface area contributed by atoms with Gasteiger partial charge in [-0.25, -0.2) is 0 Å². The Kier molecular flexibility index (Phi) is 9.93. The van der Waals surface area contributed by atoms with E-state index in [4.69, 9.17) is 9.47 Å². The van der Waals surface area contributed by atoms with Crippen LogP contribution in [-0.4, -0.2) is 48.1 Å². The van der Waals surface area contributed by atoms with Crippen molar-refractivity contribution in [1.29, 1.82) is 0 Å². The minimum absolute atomic E-state index is 0.0200. The van der Waals surface area contributed by atoms with E-state index in [0.717, 1.165) is 63.4 Å². The highest BCUT2D eigenvalue weighted by molar-refractivity contribution is 5.77. The van der Waals surface area contributed by atoms with Crippen molar-refractivity contribution in [1.82, 2.24) is 0 Å². The van der Waals surface area contributed by atoms with Crippen LogP contribution in [0.25, 0.3) is 0 Å². The van der Waals surface area contributed by atoms with Gasteiger partial charge in [-0.1, -0.05) is 54.0 Å². The summed E-state index contributed by atoms with van der Waals surface area (Å²) in [4.78, 5) is 26.2. The fourth-order valence-corrected chi connectivity index (χ4v) is 11.7. The molecule has 4 fully saturated rings. The molecule has 0 aromatic carbocycles. The number of carbonyl (C=O) groups is 2. The van der Waals surface area contributed by atoms with Gasteiger partial charge >= 0.3 is 11.9 Å². The predicted octanol–water partition coefficient (Wildman–Crippen LogP) is 7.89. The summed E-state index contributed by atoms with van der Waals surface area (Å²) in [6, 6.07) is 0. The molecule has 0 saturated heterocycles. The average molecular weight is 617 g/mol. The molecule has 6 heteroatoms. The molecule has 0 aromatic rings. The van der Waals surface area contributed by atoms with Gasteiger partial charge in [0.25, 0.3) is 0 Å². The molecule has 0 amide bonds. The summed E-state index contributed by atoms with van der Waals surface area (Å²) in [7, 11) is 0. The lowest BCUT2D eigenvalue weighted by Gasteiger charge is -2.72. The van der Waals surface area contributed by atoms with Crippen molar-refractivity contribution < 1.29 is 29.3 Å². The SMILES string of the molecule is C=C(C)CCC[C@]1(C(=O)OCC(C)(CO)CO)CC[C@]2(C)[C@H](CC[C@@H]3[C@@]4(C)CC[C@H](OC(C)=O)C(C)(C)C4CC[C@]32C)[C@H]1C. The van der Waals surface area contributed by atoms with E-state index in [-0.39, 0.29) is 65.4 Å². The quantitative estimate of drug-likeness (QED) is 0.192. The number of allylic oxidation sites excluding steroid dienone is 1. The second-order valence-electron chi connectivity index (χ2n) is 17.6. The van der Waals surface area contributed by atoms with Gasteiger partial charge < -0.3 is 19.7 Å². The van der Waals surface area contributed by atoms with E-state index in [1.54, 1.807) is 13.8 Å². The largest absolute Gasteiger partial charge is 0.464 e. The van der Waals surface area contributed by atoms with Gasteiger partial charge in [-0.2, -0.15) is 0 Å². The lowest BCUT2D eigenvalue weighted by Crippen LogP contribution is -2.67. The summed E-state index contributed by atoms with van der Waals surface area (Å²) in [5.74, 6) is 1.39. The summed E-state index contributed by atoms with van der Waals surface area (Å²) in [5.41, 5.74) is 0.140. The third kappa shape index (κ3) is 5.60. The van der Waals surface area contributed by atoms with E-state index in [9.17, 15) is 19.8 Å². The fourth-order valence-electron chi connectivity index (χ4n) is 11.7. The summed E-state index contributed by atoms with van der Waals surface area (Å²) < 4.78 is 11.9. The minimum Gasteiger partial charge on any atom is -0.464 e. The van der Waals surface area contributed by atoms with E-state index >= 15 is 0 Å². The molecule has 4 aliphatic rings. The molecule has 0 aliphatic heterocycles. The van der Waals surface area contributed by atoms with Gasteiger partial charge in [0, 0.05) is 17.8 Å². The van der Waals surface area contributed by atoms with Crippen LogP contribution in [0.15, 0.2) is 12.2 Å². The summed E-state index contributed by atoms with van der Waals surface area (Å²) >= 11 is 0. The Hall–Kier alpha value is -1.40. The Balaban J connectivity index is 1.64. The molecule has 4 saturated carbocycles. The van der Waals surface area contributed by atoms with Crippen LogP contribution in [0, 0.1) is 56.2 Å². The van der Waals surface area contributed by atoms with Crippen LogP contribution in [0.3, 0.4) is 0 Å². The van der Waals surface area contributed by atoms with Crippen LogP contribution < -0.4 is 0 Å². The van der Waals surface area contributed by atoms with Gasteiger partial charge in [-0.3, -0.25) is 9.59 Å². The fraction of sp³-hybridized carbons (Fsp3) is 0.895. The maximum absolute atomic E-state index is 14.2. The van der Waals surface area contributed by atoms with E-state index < -0.39 is 10.8 Å². The zero-order chi connectivity index (χ0) is 32.9. The molecule has 0 bridgehead atoms. The van der Waals surface area contributed by atoms with Gasteiger partial charge in [0.1, 0.15) is 12.7 Å². The molecular weight excluding hydrogens is 552 g/mol. The maximum Gasteiger partial charge on any atom is 0.312 e. The Labute approximate surface area is 268 Å². The molecule has 2 N–H and O–H groups in total. The molecule has 9 atom stereocenters. The average Bonchev–Trinajstić information content (AvgIpc) is 2.95. The predicted molar refractivity (Wildman–Crippen MR) is 175 cm³/mol. The Morgan fingerprint density at radius 1 is 0.886 bits per heavy atom. The second-order valence-corrected chi connectivity index (χ2v) is 17.6. The van der Waals surface area contributed by atoms with Crippen molar-refractivity contribution in [3.8, 4) is 0 Å². The van der Waals surface area contributed by atoms with Crippen LogP contribution in [0.4, 0.5) is 0 Å². The van der Waals surface area contributed by atoms with Crippen molar-refractivity contribution in [2.75, 3.05) is 19.8 Å². The number of fused-ring (bicyclic) bond motifs is 5. The van der Waals surface area contributed by atoms with E-state index in [1.807, 2.05) is 0 Å². The van der Waals surface area contributed by atoms with Gasteiger partial charge in [0.15, 0.2) is 0 Å². The van der Waals surface area contributed by atoms with Crippen LogP contribution in [0.2, 0.25) is 0 Å². The summed E-state index contributed by atoms with van der Waals surface area (Å²) in [6.07, 6.45) is 11.0. The van der Waals surface area contributed by atoms with E-state index in [0.29, 0.717) is 17.8 Å². The van der Waals surface area contributed by atoms with E-state index in [1.165, 1.54) is 12.8 Å². The molecule has 252 valence electrons. The number of hydrogen-bond acceptors (Lipinski definition) is 6. The number of aliphatic hydroxyl groups is 2. The number of rotatable bonds is 10. The molecule has 44 heavy (non-hydrogen) atoms. The molecule has 4 rings (SSSR count). The van der Waals surface area contributed by atoms with Crippen molar-refractivity contribution in [2.24, 2.45) is 56.2 Å². The normalized spacial score (nSPS) is 41.5. The Morgan fingerprint density at radius 2 is 1.55 bits per heavy atom. The highest BCUT2D eigenvalue weighted by Gasteiger charge is 2.70. The van der Waals surface area contributed by atoms with Crippen LogP contribution in [0.5, 0.6) is 0 Å². The number of carbonyl (C=O) groups excluding carboxylic acids is 2. The molecule has 4 aliphatic carbocycles. The molecule has 0 heterocycles. The van der Waals surface area contributed by atoms with Crippen LogP contribution in [-0.2, 0) is 19.1 Å². The first-order valence-electron chi connectivity index (χ1n) is 17.6. The summed E-state index contributed by atoms with van der Waals surface area (Å²) in [5, 5.41) is 19.7. The second kappa shape index (κ2) is 12.3. The van der Waals surface area contributed by atoms with Gasteiger partial charge in [-0.15, -0.1) is 6.58 Å². The van der Waals surface area contributed by atoms with Crippen molar-refractivity contribution in [3.05, 3.63) is 12.2 Å². The third-order valence-corrected chi connectivity index (χ3v) is 14.7. The van der Waals surface area contributed by atoms with Gasteiger partial charge in [0.05, 0.1) is 18.6 Å². The molecule has 0 radical (unpaired) electrons. The van der Waals surface area contributed by atoms with Crippen LogP contribution in [0.1, 0.15) is 133 Å². The monoisotopic (exact) mass is 616 g/mol. The molecule has 6 nitrogen and oxygen atoms in total. The minimum atomic E-state index is -0.844. The first kappa shape index (κ1) is 35.5. The van der Waals surface area contributed by atoms with Crippen LogP contribution >= 0.6 is 0 Å². The third-order valence-electron chi connectivity index (χ3n) is 14.7.